The molecule has 1 saturated carbocycles. The monoisotopic (exact) mass is 550 g/mol. The molecule has 1 aliphatic heterocycles. The van der Waals surface area contributed by atoms with Crippen molar-refractivity contribution in [3.05, 3.63) is 41.2 Å². The second-order valence-electron chi connectivity index (χ2n) is 10.3. The van der Waals surface area contributed by atoms with Gasteiger partial charge in [-0.1, -0.05) is 12.8 Å². The maximum Gasteiger partial charge on any atom is 0.419 e. The number of nitrogens with zero attached hydrogens (tertiary/aromatic N) is 3. The summed E-state index contributed by atoms with van der Waals surface area (Å²) in [6, 6.07) is 4.94. The van der Waals surface area contributed by atoms with E-state index < -0.39 is 11.7 Å². The summed E-state index contributed by atoms with van der Waals surface area (Å²) in [6.45, 7) is 1.85. The number of carbonyl (C=O) groups is 1. The first kappa shape index (κ1) is 29.0. The zero-order chi connectivity index (χ0) is 28.0. The van der Waals surface area contributed by atoms with E-state index in [1.54, 1.807) is 18.2 Å². The zero-order valence-electron chi connectivity index (χ0n) is 22.6. The van der Waals surface area contributed by atoms with E-state index >= 15 is 0 Å². The van der Waals surface area contributed by atoms with Crippen LogP contribution in [0.15, 0.2) is 24.4 Å². The Kier molecular flexibility index (Phi) is 9.62. The first-order valence-corrected chi connectivity index (χ1v) is 13.3. The van der Waals surface area contributed by atoms with Crippen molar-refractivity contribution in [3.63, 3.8) is 0 Å². The van der Waals surface area contributed by atoms with Gasteiger partial charge in [0.2, 0.25) is 5.95 Å². The van der Waals surface area contributed by atoms with Gasteiger partial charge in [-0.25, -0.2) is 9.97 Å². The normalized spacial score (nSPS) is 21.0. The molecule has 9 nitrogen and oxygen atoms in total. The molecule has 4 rings (SSSR count). The lowest BCUT2D eigenvalue weighted by Gasteiger charge is -2.31. The Morgan fingerprint density at radius 1 is 1.13 bits per heavy atom. The zero-order valence-corrected chi connectivity index (χ0v) is 22.6. The number of methoxy groups -OCH3 is 1. The molecule has 1 aliphatic carbocycles. The lowest BCUT2D eigenvalue weighted by molar-refractivity contribution is -0.138. The lowest BCUT2D eigenvalue weighted by Crippen LogP contribution is -2.43. The number of carbonyl (C=O) groups excluding carboxylic acids is 1. The van der Waals surface area contributed by atoms with Crippen LogP contribution in [0, 0.1) is 5.92 Å². The highest BCUT2D eigenvalue weighted by atomic mass is 19.4. The van der Waals surface area contributed by atoms with Crippen LogP contribution < -0.4 is 20.9 Å². The minimum atomic E-state index is -4.58. The maximum atomic E-state index is 13.8. The number of nitrogens with one attached hydrogen (secondary N) is 3. The van der Waals surface area contributed by atoms with Gasteiger partial charge in [-0.2, -0.15) is 18.7 Å². The van der Waals surface area contributed by atoms with E-state index in [1.807, 2.05) is 0 Å². The fraction of sp³-hybridized carbons (Fsp3) is 0.593. The van der Waals surface area contributed by atoms with Crippen molar-refractivity contribution in [2.75, 3.05) is 39.7 Å². The summed E-state index contributed by atoms with van der Waals surface area (Å²) < 4.78 is 47.0. The number of aromatic nitrogens is 2. The van der Waals surface area contributed by atoms with E-state index in [0.717, 1.165) is 57.8 Å². The number of piperidine rings is 1. The van der Waals surface area contributed by atoms with Crippen molar-refractivity contribution >= 4 is 17.5 Å². The topological polar surface area (TPSA) is 101 Å². The van der Waals surface area contributed by atoms with Gasteiger partial charge in [0.05, 0.1) is 31.2 Å². The van der Waals surface area contributed by atoms with Crippen LogP contribution in [-0.4, -0.2) is 67.2 Å². The van der Waals surface area contributed by atoms with Crippen LogP contribution in [-0.2, 0) is 17.4 Å². The predicted molar refractivity (Wildman–Crippen MR) is 141 cm³/mol. The minimum Gasteiger partial charge on any atom is -0.495 e. The molecule has 2 aliphatic rings. The van der Waals surface area contributed by atoms with E-state index in [-0.39, 0.29) is 42.0 Å². The average Bonchev–Trinajstić information content (AvgIpc) is 2.91. The van der Waals surface area contributed by atoms with Crippen molar-refractivity contribution in [1.29, 1.82) is 0 Å². The molecule has 214 valence electrons. The first-order valence-electron chi connectivity index (χ1n) is 13.3. The Morgan fingerprint density at radius 3 is 2.56 bits per heavy atom. The SMILES string of the molecule is CON[C@H]1CCCC[C@H]1Cc1nc(Nc2ccc(C(=O)NC3CCN(C)CC3)cc2OC)ncc1C(F)(F)F. The Bertz CT molecular complexity index is 1120. The van der Waals surface area contributed by atoms with Crippen LogP contribution >= 0.6 is 0 Å². The third-order valence-corrected chi connectivity index (χ3v) is 7.57. The fourth-order valence-electron chi connectivity index (χ4n) is 5.35. The molecule has 2 aromatic rings. The molecule has 1 aromatic carbocycles. The Morgan fingerprint density at radius 2 is 1.87 bits per heavy atom. The summed E-state index contributed by atoms with van der Waals surface area (Å²) in [7, 11) is 5.03. The number of hydrogen-bond acceptors (Lipinski definition) is 8. The van der Waals surface area contributed by atoms with Crippen molar-refractivity contribution in [2.45, 2.75) is 63.2 Å². The fourth-order valence-corrected chi connectivity index (χ4v) is 5.35. The molecule has 0 spiro atoms. The van der Waals surface area contributed by atoms with Gasteiger partial charge in [0.25, 0.3) is 5.91 Å². The van der Waals surface area contributed by atoms with E-state index in [2.05, 4.69) is 38.0 Å². The largest absolute Gasteiger partial charge is 0.495 e. The molecule has 0 radical (unpaired) electrons. The Hall–Kier alpha value is -2.96. The lowest BCUT2D eigenvalue weighted by atomic mass is 9.81. The van der Waals surface area contributed by atoms with Crippen LogP contribution in [0.1, 0.15) is 60.1 Å². The highest BCUT2D eigenvalue weighted by molar-refractivity contribution is 5.95. The molecule has 1 saturated heterocycles. The first-order chi connectivity index (χ1) is 18.7. The highest BCUT2D eigenvalue weighted by Crippen LogP contribution is 2.36. The van der Waals surface area contributed by atoms with Gasteiger partial charge in [-0.15, -0.1) is 0 Å². The van der Waals surface area contributed by atoms with Gasteiger partial charge >= 0.3 is 6.18 Å². The number of ether oxygens (including phenoxy) is 1. The van der Waals surface area contributed by atoms with Crippen LogP contribution in [0.5, 0.6) is 5.75 Å². The number of alkyl halides is 3. The second-order valence-corrected chi connectivity index (χ2v) is 10.3. The van der Waals surface area contributed by atoms with Gasteiger partial charge in [0, 0.05) is 23.8 Å². The number of hydroxylamine groups is 1. The van der Waals surface area contributed by atoms with Gasteiger partial charge in [0.1, 0.15) is 5.75 Å². The number of hydrogen-bond donors (Lipinski definition) is 3. The summed E-state index contributed by atoms with van der Waals surface area (Å²) >= 11 is 0. The number of anilines is 2. The van der Waals surface area contributed by atoms with Crippen LogP contribution in [0.3, 0.4) is 0 Å². The van der Waals surface area contributed by atoms with Crippen LogP contribution in [0.4, 0.5) is 24.8 Å². The van der Waals surface area contributed by atoms with Gasteiger partial charge < -0.3 is 25.1 Å². The minimum absolute atomic E-state index is 0.0203. The highest BCUT2D eigenvalue weighted by Gasteiger charge is 2.37. The smallest absolute Gasteiger partial charge is 0.419 e. The van der Waals surface area contributed by atoms with Crippen molar-refractivity contribution in [2.24, 2.45) is 5.92 Å². The predicted octanol–water partition coefficient (Wildman–Crippen LogP) is 4.32. The summed E-state index contributed by atoms with van der Waals surface area (Å²) in [5.41, 5.74) is 2.89. The molecular formula is C27H37F3N6O3. The molecule has 12 heteroatoms. The van der Waals surface area contributed by atoms with Crippen molar-refractivity contribution in [3.8, 4) is 5.75 Å². The quantitative estimate of drug-likeness (QED) is 0.397. The van der Waals surface area contributed by atoms with Crippen LogP contribution in [0.25, 0.3) is 0 Å². The molecule has 39 heavy (non-hydrogen) atoms. The average molecular weight is 551 g/mol. The molecule has 2 fully saturated rings. The molecule has 0 unspecified atom stereocenters. The van der Waals surface area contributed by atoms with E-state index in [9.17, 15) is 18.0 Å². The number of halogens is 3. The van der Waals surface area contributed by atoms with Crippen molar-refractivity contribution < 1.29 is 27.5 Å². The molecule has 1 amide bonds. The van der Waals surface area contributed by atoms with Gasteiger partial charge in [-0.05, 0) is 76.4 Å². The summed E-state index contributed by atoms with van der Waals surface area (Å²) in [6.07, 6.45) is 1.69. The third-order valence-electron chi connectivity index (χ3n) is 7.57. The molecule has 1 aromatic heterocycles. The number of likely N-dealkylation sites (tertiary alicyclic amines) is 1. The Balaban J connectivity index is 1.52. The third kappa shape index (κ3) is 7.58. The van der Waals surface area contributed by atoms with Crippen LogP contribution in [0.2, 0.25) is 0 Å². The van der Waals surface area contributed by atoms with Gasteiger partial charge in [-0.3, -0.25) is 4.79 Å². The molecule has 2 atom stereocenters. The van der Waals surface area contributed by atoms with E-state index in [1.165, 1.54) is 14.2 Å². The van der Waals surface area contributed by atoms with E-state index in [4.69, 9.17) is 9.57 Å². The van der Waals surface area contributed by atoms with Crippen molar-refractivity contribution in [1.82, 2.24) is 25.7 Å². The maximum absolute atomic E-state index is 13.8. The molecule has 2 heterocycles. The summed E-state index contributed by atoms with van der Waals surface area (Å²) in [4.78, 5) is 28.4. The Labute approximate surface area is 226 Å². The number of benzene rings is 1. The number of rotatable bonds is 9. The number of amides is 1. The molecule has 3 N–H and O–H groups in total. The van der Waals surface area contributed by atoms with Gasteiger partial charge in [0.15, 0.2) is 0 Å². The second kappa shape index (κ2) is 12.9. The van der Waals surface area contributed by atoms with E-state index in [0.29, 0.717) is 17.0 Å². The molecular weight excluding hydrogens is 513 g/mol. The summed E-state index contributed by atoms with van der Waals surface area (Å²) in [5, 5.41) is 6.04. The standard InChI is InChI=1S/C27H37F3N6O3/c1-36-12-10-19(11-13-36)32-25(37)18-8-9-22(24(15-18)38-2)33-26-31-16-20(27(28,29)30)23(34-26)14-17-6-4-5-7-21(17)35-39-3/h8-9,15-17,19,21,35H,4-7,10-14H2,1-3H3,(H,32,37)(H,31,33,34)/t17-,21-/m0/s1. The summed E-state index contributed by atoms with van der Waals surface area (Å²) in [5.74, 6) is 0.119. The molecule has 0 bridgehead atoms.